The van der Waals surface area contributed by atoms with Crippen molar-refractivity contribution in [1.29, 1.82) is 0 Å². The number of carboxylic acid groups (broad SMARTS) is 1. The number of nitrogens with one attached hydrogen (secondary N) is 2. The molecule has 0 aliphatic carbocycles. The Morgan fingerprint density at radius 2 is 2.05 bits per heavy atom. The SMILES string of the molecule is O=C(O)[C@@H]1Cc2[nH]cnc2[C@@H](c2ccccc2C(F)(F)F)N1. The number of imidazole rings is 1. The highest BCUT2D eigenvalue weighted by Gasteiger charge is 2.39. The van der Waals surface area contributed by atoms with Crippen molar-refractivity contribution < 1.29 is 23.1 Å². The summed E-state index contributed by atoms with van der Waals surface area (Å²) in [5, 5.41) is 11.9. The fourth-order valence-corrected chi connectivity index (χ4v) is 2.69. The largest absolute Gasteiger partial charge is 0.480 e. The van der Waals surface area contributed by atoms with E-state index in [0.29, 0.717) is 11.4 Å². The van der Waals surface area contributed by atoms with Crippen LogP contribution >= 0.6 is 0 Å². The summed E-state index contributed by atoms with van der Waals surface area (Å²) in [5.74, 6) is -1.12. The molecule has 22 heavy (non-hydrogen) atoms. The van der Waals surface area contributed by atoms with Gasteiger partial charge in [-0.15, -0.1) is 0 Å². The van der Waals surface area contributed by atoms with Crippen LogP contribution < -0.4 is 5.32 Å². The van der Waals surface area contributed by atoms with Crippen LogP contribution in [0.25, 0.3) is 0 Å². The molecule has 3 rings (SSSR count). The number of rotatable bonds is 2. The van der Waals surface area contributed by atoms with Gasteiger partial charge < -0.3 is 10.1 Å². The van der Waals surface area contributed by atoms with Crippen molar-refractivity contribution in [2.45, 2.75) is 24.7 Å². The molecule has 5 nitrogen and oxygen atoms in total. The second-order valence-corrected chi connectivity index (χ2v) is 5.05. The van der Waals surface area contributed by atoms with Gasteiger partial charge in [0.1, 0.15) is 6.04 Å². The first-order valence-electron chi connectivity index (χ1n) is 6.55. The maximum absolute atomic E-state index is 13.2. The Balaban J connectivity index is 2.11. The lowest BCUT2D eigenvalue weighted by Gasteiger charge is -2.29. The number of hydrogen-bond donors (Lipinski definition) is 3. The average Bonchev–Trinajstić information content (AvgIpc) is 2.93. The average molecular weight is 311 g/mol. The Morgan fingerprint density at radius 3 is 2.73 bits per heavy atom. The minimum Gasteiger partial charge on any atom is -0.480 e. The number of benzene rings is 1. The van der Waals surface area contributed by atoms with E-state index in [9.17, 15) is 23.1 Å². The number of H-pyrrole nitrogens is 1. The number of nitrogens with zero attached hydrogens (tertiary/aromatic N) is 1. The molecule has 0 amide bonds. The van der Waals surface area contributed by atoms with E-state index in [1.165, 1.54) is 24.5 Å². The molecule has 2 heterocycles. The van der Waals surface area contributed by atoms with Crippen molar-refractivity contribution in [2.75, 3.05) is 0 Å². The summed E-state index contributed by atoms with van der Waals surface area (Å²) in [6, 6.07) is 3.21. The molecule has 2 aromatic rings. The summed E-state index contributed by atoms with van der Waals surface area (Å²) in [7, 11) is 0. The topological polar surface area (TPSA) is 78.0 Å². The maximum Gasteiger partial charge on any atom is 0.416 e. The highest BCUT2D eigenvalue weighted by atomic mass is 19.4. The maximum atomic E-state index is 13.2. The number of aromatic amines is 1. The zero-order valence-corrected chi connectivity index (χ0v) is 11.2. The van der Waals surface area contributed by atoms with Crippen LogP contribution in [0, 0.1) is 0 Å². The predicted octanol–water partition coefficient (Wildman–Crippen LogP) is 2.12. The lowest BCUT2D eigenvalue weighted by Crippen LogP contribution is -2.45. The first kappa shape index (κ1) is 14.6. The summed E-state index contributed by atoms with van der Waals surface area (Å²) >= 11 is 0. The van der Waals surface area contributed by atoms with Crippen LogP contribution in [0.4, 0.5) is 13.2 Å². The number of hydrogen-bond acceptors (Lipinski definition) is 3. The van der Waals surface area contributed by atoms with Gasteiger partial charge in [-0.1, -0.05) is 18.2 Å². The quantitative estimate of drug-likeness (QED) is 0.794. The molecule has 0 bridgehead atoms. The Morgan fingerprint density at radius 1 is 1.32 bits per heavy atom. The Kier molecular flexibility index (Phi) is 3.40. The number of carbonyl (C=O) groups is 1. The van der Waals surface area contributed by atoms with Crippen LogP contribution in [0.1, 0.15) is 28.6 Å². The molecule has 0 unspecified atom stereocenters. The minimum absolute atomic E-state index is 0.0331. The van der Waals surface area contributed by atoms with Crippen molar-refractivity contribution in [3.63, 3.8) is 0 Å². The number of aromatic nitrogens is 2. The lowest BCUT2D eigenvalue weighted by atomic mass is 9.91. The lowest BCUT2D eigenvalue weighted by molar-refractivity contribution is -0.139. The monoisotopic (exact) mass is 311 g/mol. The third kappa shape index (κ3) is 2.45. The molecule has 1 aromatic carbocycles. The number of halogens is 3. The molecule has 0 spiro atoms. The van der Waals surface area contributed by atoms with Gasteiger partial charge >= 0.3 is 12.1 Å². The molecular weight excluding hydrogens is 299 g/mol. The van der Waals surface area contributed by atoms with Gasteiger partial charge in [-0.25, -0.2) is 4.98 Å². The number of aliphatic carboxylic acids is 1. The van der Waals surface area contributed by atoms with Crippen molar-refractivity contribution >= 4 is 5.97 Å². The number of fused-ring (bicyclic) bond motifs is 1. The minimum atomic E-state index is -4.52. The molecule has 1 aromatic heterocycles. The fraction of sp³-hybridized carbons (Fsp3) is 0.286. The molecule has 0 fully saturated rings. The molecule has 116 valence electrons. The summed E-state index contributed by atoms with van der Waals surface area (Å²) in [6.07, 6.45) is -3.01. The van der Waals surface area contributed by atoms with E-state index in [2.05, 4.69) is 15.3 Å². The number of carboxylic acids is 1. The van der Waals surface area contributed by atoms with Gasteiger partial charge in [0.25, 0.3) is 0 Å². The summed E-state index contributed by atoms with van der Waals surface area (Å²) in [5.41, 5.74) is 0.101. The molecule has 3 N–H and O–H groups in total. The Labute approximate surface area is 123 Å². The molecule has 8 heteroatoms. The zero-order valence-electron chi connectivity index (χ0n) is 11.2. The summed E-state index contributed by atoms with van der Waals surface area (Å²) in [6.45, 7) is 0. The van der Waals surface area contributed by atoms with Gasteiger partial charge in [0.15, 0.2) is 0 Å². The van der Waals surface area contributed by atoms with E-state index in [0.717, 1.165) is 6.07 Å². The van der Waals surface area contributed by atoms with Crippen molar-refractivity contribution in [3.05, 3.63) is 53.1 Å². The molecule has 0 saturated heterocycles. The van der Waals surface area contributed by atoms with Crippen LogP contribution in [-0.4, -0.2) is 27.1 Å². The van der Waals surface area contributed by atoms with Gasteiger partial charge in [-0.2, -0.15) is 13.2 Å². The van der Waals surface area contributed by atoms with Gasteiger partial charge in [0.05, 0.1) is 23.6 Å². The highest BCUT2D eigenvalue weighted by Crippen LogP contribution is 2.38. The molecule has 1 aliphatic heterocycles. The third-order valence-electron chi connectivity index (χ3n) is 3.68. The standard InChI is InChI=1S/C14H12F3N3O2/c15-14(16,17)8-4-2-1-3-7(8)11-12-9(18-6-19-12)5-10(20-11)13(21)22/h1-4,6,10-11,20H,5H2,(H,18,19)(H,21,22)/t10-,11+/m0/s1. The van der Waals surface area contributed by atoms with Crippen LogP contribution in [-0.2, 0) is 17.4 Å². The van der Waals surface area contributed by atoms with E-state index in [1.807, 2.05) is 0 Å². The zero-order chi connectivity index (χ0) is 15.9. The van der Waals surface area contributed by atoms with Crippen LogP contribution in [0.15, 0.2) is 30.6 Å². The van der Waals surface area contributed by atoms with Gasteiger partial charge in [-0.3, -0.25) is 10.1 Å². The normalized spacial score (nSPS) is 21.4. The van der Waals surface area contributed by atoms with Crippen molar-refractivity contribution in [3.8, 4) is 0 Å². The smallest absolute Gasteiger partial charge is 0.416 e. The Hall–Kier alpha value is -2.35. The van der Waals surface area contributed by atoms with Gasteiger partial charge in [0.2, 0.25) is 0 Å². The first-order chi connectivity index (χ1) is 10.4. The predicted molar refractivity (Wildman–Crippen MR) is 70.1 cm³/mol. The number of alkyl halides is 3. The van der Waals surface area contributed by atoms with Gasteiger partial charge in [0, 0.05) is 12.1 Å². The van der Waals surface area contributed by atoms with Crippen LogP contribution in [0.2, 0.25) is 0 Å². The first-order valence-corrected chi connectivity index (χ1v) is 6.55. The van der Waals surface area contributed by atoms with E-state index in [1.54, 1.807) is 0 Å². The van der Waals surface area contributed by atoms with E-state index in [-0.39, 0.29) is 12.0 Å². The van der Waals surface area contributed by atoms with E-state index in [4.69, 9.17) is 0 Å². The van der Waals surface area contributed by atoms with Crippen LogP contribution in [0.3, 0.4) is 0 Å². The van der Waals surface area contributed by atoms with Gasteiger partial charge in [-0.05, 0) is 11.6 Å². The second-order valence-electron chi connectivity index (χ2n) is 5.05. The summed E-state index contributed by atoms with van der Waals surface area (Å²) < 4.78 is 39.6. The molecule has 1 aliphatic rings. The Bertz CT molecular complexity index is 711. The van der Waals surface area contributed by atoms with Crippen molar-refractivity contribution in [1.82, 2.24) is 15.3 Å². The summed E-state index contributed by atoms with van der Waals surface area (Å²) in [4.78, 5) is 18.1. The molecule has 0 radical (unpaired) electrons. The van der Waals surface area contributed by atoms with Crippen molar-refractivity contribution in [2.24, 2.45) is 0 Å². The van der Waals surface area contributed by atoms with E-state index >= 15 is 0 Å². The fourth-order valence-electron chi connectivity index (χ4n) is 2.69. The van der Waals surface area contributed by atoms with Crippen LogP contribution in [0.5, 0.6) is 0 Å². The second kappa shape index (κ2) is 5.13. The van der Waals surface area contributed by atoms with E-state index < -0.39 is 29.8 Å². The highest BCUT2D eigenvalue weighted by molar-refractivity contribution is 5.74. The third-order valence-corrected chi connectivity index (χ3v) is 3.68. The molecule has 2 atom stereocenters. The molecular formula is C14H12F3N3O2. The molecule has 0 saturated carbocycles.